The molecule has 0 saturated carbocycles. The molecule has 1 amide bonds. The van der Waals surface area contributed by atoms with Crippen LogP contribution in [0.4, 0.5) is 0 Å². The molecular weight excluding hydrogens is 228 g/mol. The zero-order chi connectivity index (χ0) is 13.3. The summed E-state index contributed by atoms with van der Waals surface area (Å²) in [5.74, 6) is -0.0997. The fraction of sp³-hybridized carbons (Fsp3) is 0.357. The quantitative estimate of drug-likeness (QED) is 0.868. The molecule has 0 unspecified atom stereocenters. The number of carbonyl (C=O) groups is 1. The first-order chi connectivity index (χ1) is 8.52. The first-order valence-corrected chi connectivity index (χ1v) is 5.99. The predicted molar refractivity (Wildman–Crippen MR) is 71.8 cm³/mol. The molecule has 1 aromatic heterocycles. The lowest BCUT2D eigenvalue weighted by molar-refractivity contribution is 0.0762. The topological polar surface area (TPSA) is 56.3 Å². The van der Waals surface area contributed by atoms with Crippen LogP contribution < -0.4 is 0 Å². The Labute approximate surface area is 106 Å². The lowest BCUT2D eigenvalue weighted by atomic mass is 10.1. The van der Waals surface area contributed by atoms with E-state index in [2.05, 4.69) is 11.1 Å². The van der Waals surface area contributed by atoms with Crippen LogP contribution in [-0.2, 0) is 0 Å². The van der Waals surface area contributed by atoms with Crippen LogP contribution in [0, 0.1) is 13.8 Å². The number of aliphatic hydroxyl groups is 1. The van der Waals surface area contributed by atoms with Crippen LogP contribution in [-0.4, -0.2) is 41.1 Å². The zero-order valence-electron chi connectivity index (χ0n) is 10.9. The summed E-state index contributed by atoms with van der Waals surface area (Å²) in [6.45, 7) is 4.38. The second-order valence-electron chi connectivity index (χ2n) is 4.68. The molecule has 0 radical (unpaired) electrons. The number of aromatic nitrogens is 1. The number of carbonyl (C=O) groups excluding carboxylic acids is 1. The predicted octanol–water partition coefficient (Wildman–Crippen LogP) is 1.85. The molecule has 0 spiro atoms. The molecule has 1 heterocycles. The Morgan fingerprint density at radius 1 is 1.33 bits per heavy atom. The van der Waals surface area contributed by atoms with Gasteiger partial charge in [0, 0.05) is 24.5 Å². The number of aryl methyl sites for hydroxylation is 2. The number of benzene rings is 1. The second-order valence-corrected chi connectivity index (χ2v) is 4.68. The van der Waals surface area contributed by atoms with Gasteiger partial charge in [0.15, 0.2) is 0 Å². The number of nitrogens with one attached hydrogen (secondary N) is 1. The van der Waals surface area contributed by atoms with Crippen LogP contribution in [0.2, 0.25) is 0 Å². The Hall–Kier alpha value is -1.81. The van der Waals surface area contributed by atoms with E-state index in [1.165, 1.54) is 10.5 Å². The number of rotatable bonds is 3. The molecule has 2 rings (SSSR count). The zero-order valence-corrected chi connectivity index (χ0v) is 10.9. The highest BCUT2D eigenvalue weighted by Crippen LogP contribution is 2.21. The number of hydrogen-bond acceptors (Lipinski definition) is 2. The molecule has 0 aliphatic heterocycles. The highest BCUT2D eigenvalue weighted by molar-refractivity contribution is 5.98. The van der Waals surface area contributed by atoms with E-state index >= 15 is 0 Å². The molecule has 0 fully saturated rings. The Bertz CT molecular complexity index is 587. The minimum absolute atomic E-state index is 0.0272. The van der Waals surface area contributed by atoms with Gasteiger partial charge in [-0.15, -0.1) is 0 Å². The van der Waals surface area contributed by atoms with Crippen molar-refractivity contribution < 1.29 is 9.90 Å². The van der Waals surface area contributed by atoms with Gasteiger partial charge in [-0.3, -0.25) is 4.79 Å². The smallest absolute Gasteiger partial charge is 0.270 e. The van der Waals surface area contributed by atoms with E-state index in [0.717, 1.165) is 16.5 Å². The van der Waals surface area contributed by atoms with Crippen LogP contribution in [0.1, 0.15) is 21.6 Å². The summed E-state index contributed by atoms with van der Waals surface area (Å²) >= 11 is 0. The SMILES string of the molecule is Cc1cc(C)c2cc(C(=O)N(C)CCO)[nH]c2c1. The van der Waals surface area contributed by atoms with E-state index in [1.807, 2.05) is 26.0 Å². The van der Waals surface area contributed by atoms with E-state index in [9.17, 15) is 4.79 Å². The van der Waals surface area contributed by atoms with E-state index in [4.69, 9.17) is 5.11 Å². The van der Waals surface area contributed by atoms with Gasteiger partial charge >= 0.3 is 0 Å². The normalized spacial score (nSPS) is 10.9. The van der Waals surface area contributed by atoms with Crippen LogP contribution >= 0.6 is 0 Å². The van der Waals surface area contributed by atoms with E-state index in [1.54, 1.807) is 7.05 Å². The average molecular weight is 246 g/mol. The minimum atomic E-state index is -0.0997. The molecule has 96 valence electrons. The van der Waals surface area contributed by atoms with Crippen molar-refractivity contribution in [2.75, 3.05) is 20.2 Å². The molecule has 1 aromatic carbocycles. The third-order valence-corrected chi connectivity index (χ3v) is 3.10. The lowest BCUT2D eigenvalue weighted by Gasteiger charge is -2.13. The van der Waals surface area contributed by atoms with Crippen molar-refractivity contribution in [3.63, 3.8) is 0 Å². The van der Waals surface area contributed by atoms with Crippen LogP contribution in [0.3, 0.4) is 0 Å². The van der Waals surface area contributed by atoms with Crippen LogP contribution in [0.5, 0.6) is 0 Å². The molecule has 0 aliphatic rings. The van der Waals surface area contributed by atoms with Crippen molar-refractivity contribution in [2.45, 2.75) is 13.8 Å². The largest absolute Gasteiger partial charge is 0.395 e. The summed E-state index contributed by atoms with van der Waals surface area (Å²) in [5, 5.41) is 9.92. The number of likely N-dealkylation sites (N-methyl/N-ethyl adjacent to an activating group) is 1. The fourth-order valence-electron chi connectivity index (χ4n) is 2.17. The minimum Gasteiger partial charge on any atom is -0.395 e. The van der Waals surface area contributed by atoms with Gasteiger partial charge in [0.1, 0.15) is 5.69 Å². The maximum absolute atomic E-state index is 12.1. The van der Waals surface area contributed by atoms with Gasteiger partial charge in [-0.2, -0.15) is 0 Å². The van der Waals surface area contributed by atoms with Gasteiger partial charge < -0.3 is 15.0 Å². The highest BCUT2D eigenvalue weighted by atomic mass is 16.3. The van der Waals surface area contributed by atoms with Crippen molar-refractivity contribution in [3.05, 3.63) is 35.0 Å². The maximum atomic E-state index is 12.1. The van der Waals surface area contributed by atoms with Crippen molar-refractivity contribution in [1.82, 2.24) is 9.88 Å². The van der Waals surface area contributed by atoms with Gasteiger partial charge in [-0.25, -0.2) is 0 Å². The molecule has 18 heavy (non-hydrogen) atoms. The van der Waals surface area contributed by atoms with E-state index in [0.29, 0.717) is 12.2 Å². The Kier molecular flexibility index (Phi) is 3.39. The lowest BCUT2D eigenvalue weighted by Crippen LogP contribution is -2.29. The second kappa shape index (κ2) is 4.82. The maximum Gasteiger partial charge on any atom is 0.270 e. The van der Waals surface area contributed by atoms with Crippen molar-refractivity contribution in [3.8, 4) is 0 Å². The molecular formula is C14H18N2O2. The molecule has 0 saturated heterocycles. The van der Waals surface area contributed by atoms with Crippen molar-refractivity contribution in [2.24, 2.45) is 0 Å². The molecule has 0 bridgehead atoms. The standard InChI is InChI=1S/C14H18N2O2/c1-9-6-10(2)11-8-13(15-12(11)7-9)14(18)16(3)4-5-17/h6-8,15,17H,4-5H2,1-3H3. The van der Waals surface area contributed by atoms with Gasteiger partial charge in [-0.1, -0.05) is 6.07 Å². The number of fused-ring (bicyclic) bond motifs is 1. The first-order valence-electron chi connectivity index (χ1n) is 5.99. The number of nitrogens with zero attached hydrogens (tertiary/aromatic N) is 1. The molecule has 2 N–H and O–H groups in total. The highest BCUT2D eigenvalue weighted by Gasteiger charge is 2.14. The fourth-order valence-corrected chi connectivity index (χ4v) is 2.17. The third kappa shape index (κ3) is 2.24. The molecule has 2 aromatic rings. The van der Waals surface area contributed by atoms with Crippen molar-refractivity contribution in [1.29, 1.82) is 0 Å². The molecule has 0 aliphatic carbocycles. The Morgan fingerprint density at radius 2 is 2.06 bits per heavy atom. The Balaban J connectivity index is 2.41. The number of aromatic amines is 1. The van der Waals surface area contributed by atoms with Gasteiger partial charge in [0.05, 0.1) is 6.61 Å². The van der Waals surface area contributed by atoms with Gasteiger partial charge in [-0.05, 0) is 37.1 Å². The number of H-pyrrole nitrogens is 1. The summed E-state index contributed by atoms with van der Waals surface area (Å²) in [6, 6.07) is 6.01. The van der Waals surface area contributed by atoms with Gasteiger partial charge in [0.2, 0.25) is 0 Å². The van der Waals surface area contributed by atoms with E-state index < -0.39 is 0 Å². The summed E-state index contributed by atoms with van der Waals surface area (Å²) < 4.78 is 0. The summed E-state index contributed by atoms with van der Waals surface area (Å²) in [5.41, 5.74) is 3.87. The first kappa shape index (κ1) is 12.6. The number of hydrogen-bond donors (Lipinski definition) is 2. The van der Waals surface area contributed by atoms with E-state index in [-0.39, 0.29) is 12.5 Å². The summed E-state index contributed by atoms with van der Waals surface area (Å²) in [6.07, 6.45) is 0. The monoisotopic (exact) mass is 246 g/mol. The van der Waals surface area contributed by atoms with Crippen molar-refractivity contribution >= 4 is 16.8 Å². The Morgan fingerprint density at radius 3 is 2.72 bits per heavy atom. The molecule has 4 heteroatoms. The summed E-state index contributed by atoms with van der Waals surface area (Å²) in [4.78, 5) is 16.7. The molecule has 4 nitrogen and oxygen atoms in total. The van der Waals surface area contributed by atoms with Gasteiger partial charge in [0.25, 0.3) is 5.91 Å². The van der Waals surface area contributed by atoms with Crippen LogP contribution in [0.15, 0.2) is 18.2 Å². The number of aliphatic hydroxyl groups excluding tert-OH is 1. The van der Waals surface area contributed by atoms with Crippen LogP contribution in [0.25, 0.3) is 10.9 Å². The average Bonchev–Trinajstić information content (AvgIpc) is 2.72. The molecule has 0 atom stereocenters. The number of amides is 1. The third-order valence-electron chi connectivity index (χ3n) is 3.10. The summed E-state index contributed by atoms with van der Waals surface area (Å²) in [7, 11) is 1.68.